The summed E-state index contributed by atoms with van der Waals surface area (Å²) < 4.78 is 0. The van der Waals surface area contributed by atoms with Gasteiger partial charge < -0.3 is 5.32 Å². The molecule has 0 radical (unpaired) electrons. The van der Waals surface area contributed by atoms with E-state index in [0.29, 0.717) is 12.2 Å². The second-order valence-electron chi connectivity index (χ2n) is 4.44. The van der Waals surface area contributed by atoms with Gasteiger partial charge in [-0.05, 0) is 17.7 Å². The quantitative estimate of drug-likeness (QED) is 0.804. The van der Waals surface area contributed by atoms with Crippen molar-refractivity contribution in [1.82, 2.24) is 15.3 Å². The van der Waals surface area contributed by atoms with Crippen LogP contribution in [0.15, 0.2) is 60.2 Å². The summed E-state index contributed by atoms with van der Waals surface area (Å²) in [4.78, 5) is 20.4. The summed E-state index contributed by atoms with van der Waals surface area (Å²) in [5.41, 5.74) is 2.48. The van der Waals surface area contributed by atoms with Crippen molar-refractivity contribution in [2.24, 2.45) is 0 Å². The molecule has 0 aliphatic carbocycles. The SMILES string of the molecule is O=C(NCc1ccccc1)c1csc(-c2ccncc2)n1. The highest BCUT2D eigenvalue weighted by molar-refractivity contribution is 7.13. The molecule has 0 spiro atoms. The van der Waals surface area contributed by atoms with Crippen LogP contribution < -0.4 is 5.32 Å². The van der Waals surface area contributed by atoms with E-state index in [1.807, 2.05) is 42.5 Å². The highest BCUT2D eigenvalue weighted by Gasteiger charge is 2.11. The van der Waals surface area contributed by atoms with Crippen LogP contribution in [0.4, 0.5) is 0 Å². The average molecular weight is 295 g/mol. The topological polar surface area (TPSA) is 54.9 Å². The molecule has 3 aromatic rings. The van der Waals surface area contributed by atoms with Crippen LogP contribution in [-0.2, 0) is 6.54 Å². The largest absolute Gasteiger partial charge is 0.347 e. The minimum absolute atomic E-state index is 0.157. The Labute approximate surface area is 126 Å². The molecule has 0 saturated heterocycles. The van der Waals surface area contributed by atoms with Gasteiger partial charge in [-0.25, -0.2) is 4.98 Å². The van der Waals surface area contributed by atoms with Crippen LogP contribution in [-0.4, -0.2) is 15.9 Å². The Morgan fingerprint density at radius 2 is 1.86 bits per heavy atom. The van der Waals surface area contributed by atoms with E-state index in [0.717, 1.165) is 16.1 Å². The van der Waals surface area contributed by atoms with Crippen molar-refractivity contribution in [2.75, 3.05) is 0 Å². The van der Waals surface area contributed by atoms with Gasteiger partial charge in [-0.2, -0.15) is 0 Å². The fourth-order valence-corrected chi connectivity index (χ4v) is 2.68. The number of amides is 1. The maximum absolute atomic E-state index is 12.1. The normalized spacial score (nSPS) is 10.3. The van der Waals surface area contributed by atoms with E-state index in [4.69, 9.17) is 0 Å². The molecule has 3 rings (SSSR count). The lowest BCUT2D eigenvalue weighted by Gasteiger charge is -2.02. The molecule has 0 bridgehead atoms. The smallest absolute Gasteiger partial charge is 0.271 e. The first-order valence-corrected chi connectivity index (χ1v) is 7.39. The van der Waals surface area contributed by atoms with Crippen molar-refractivity contribution < 1.29 is 4.79 Å². The third-order valence-corrected chi connectivity index (χ3v) is 3.85. The van der Waals surface area contributed by atoms with Crippen LogP contribution in [0, 0.1) is 0 Å². The number of aromatic nitrogens is 2. The first-order valence-electron chi connectivity index (χ1n) is 6.51. The number of thiazole rings is 1. The number of nitrogens with zero attached hydrogens (tertiary/aromatic N) is 2. The second kappa shape index (κ2) is 6.28. The summed E-state index contributed by atoms with van der Waals surface area (Å²) in [6.07, 6.45) is 3.43. The van der Waals surface area contributed by atoms with E-state index < -0.39 is 0 Å². The first kappa shape index (κ1) is 13.5. The number of pyridine rings is 1. The molecule has 2 heterocycles. The Balaban J connectivity index is 1.67. The fraction of sp³-hybridized carbons (Fsp3) is 0.0625. The summed E-state index contributed by atoms with van der Waals surface area (Å²) in [5.74, 6) is -0.157. The van der Waals surface area contributed by atoms with Gasteiger partial charge in [0.25, 0.3) is 5.91 Å². The number of nitrogens with one attached hydrogen (secondary N) is 1. The minimum Gasteiger partial charge on any atom is -0.347 e. The van der Waals surface area contributed by atoms with Crippen LogP contribution in [0.2, 0.25) is 0 Å². The monoisotopic (exact) mass is 295 g/mol. The lowest BCUT2D eigenvalue weighted by atomic mass is 10.2. The number of carbonyl (C=O) groups is 1. The van der Waals surface area contributed by atoms with Gasteiger partial charge in [-0.1, -0.05) is 30.3 Å². The molecule has 0 aliphatic rings. The Morgan fingerprint density at radius 1 is 1.10 bits per heavy atom. The zero-order valence-electron chi connectivity index (χ0n) is 11.2. The number of hydrogen-bond acceptors (Lipinski definition) is 4. The molecule has 1 amide bonds. The van der Waals surface area contributed by atoms with Gasteiger partial charge in [0.1, 0.15) is 10.7 Å². The van der Waals surface area contributed by atoms with Crippen molar-refractivity contribution in [3.05, 3.63) is 71.5 Å². The molecule has 0 atom stereocenters. The predicted molar refractivity (Wildman–Crippen MR) is 83.0 cm³/mol. The minimum atomic E-state index is -0.157. The van der Waals surface area contributed by atoms with E-state index in [2.05, 4.69) is 15.3 Å². The predicted octanol–water partition coefficient (Wildman–Crippen LogP) is 3.14. The van der Waals surface area contributed by atoms with E-state index in [1.54, 1.807) is 17.8 Å². The highest BCUT2D eigenvalue weighted by Crippen LogP contribution is 2.22. The lowest BCUT2D eigenvalue weighted by Crippen LogP contribution is -2.23. The summed E-state index contributed by atoms with van der Waals surface area (Å²) in [6.45, 7) is 0.502. The lowest BCUT2D eigenvalue weighted by molar-refractivity contribution is 0.0946. The molecule has 0 aliphatic heterocycles. The van der Waals surface area contributed by atoms with E-state index in [9.17, 15) is 4.79 Å². The third-order valence-electron chi connectivity index (χ3n) is 2.96. The van der Waals surface area contributed by atoms with Gasteiger partial charge in [0, 0.05) is 29.9 Å². The van der Waals surface area contributed by atoms with Crippen molar-refractivity contribution in [3.63, 3.8) is 0 Å². The molecule has 4 nitrogen and oxygen atoms in total. The molecule has 1 aromatic carbocycles. The molecule has 0 fully saturated rings. The Kier molecular flexibility index (Phi) is 4.02. The zero-order valence-corrected chi connectivity index (χ0v) is 12.0. The van der Waals surface area contributed by atoms with Crippen LogP contribution in [0.25, 0.3) is 10.6 Å². The Bertz CT molecular complexity index is 726. The molecule has 5 heteroatoms. The molecule has 0 unspecified atom stereocenters. The van der Waals surface area contributed by atoms with E-state index in [-0.39, 0.29) is 5.91 Å². The average Bonchev–Trinajstić information content (AvgIpc) is 3.04. The standard InChI is InChI=1S/C16H13N3OS/c20-15(18-10-12-4-2-1-3-5-12)14-11-21-16(19-14)13-6-8-17-9-7-13/h1-9,11H,10H2,(H,18,20). The van der Waals surface area contributed by atoms with Crippen molar-refractivity contribution >= 4 is 17.2 Å². The Morgan fingerprint density at radius 3 is 2.62 bits per heavy atom. The van der Waals surface area contributed by atoms with Crippen molar-refractivity contribution in [1.29, 1.82) is 0 Å². The van der Waals surface area contributed by atoms with Gasteiger partial charge in [0.2, 0.25) is 0 Å². The van der Waals surface area contributed by atoms with Gasteiger partial charge in [0.15, 0.2) is 0 Å². The highest BCUT2D eigenvalue weighted by atomic mass is 32.1. The Hall–Kier alpha value is -2.53. The summed E-state index contributed by atoms with van der Waals surface area (Å²) in [7, 11) is 0. The van der Waals surface area contributed by atoms with Crippen LogP contribution >= 0.6 is 11.3 Å². The number of benzene rings is 1. The van der Waals surface area contributed by atoms with Gasteiger partial charge in [-0.15, -0.1) is 11.3 Å². The zero-order chi connectivity index (χ0) is 14.5. The second-order valence-corrected chi connectivity index (χ2v) is 5.30. The number of hydrogen-bond donors (Lipinski definition) is 1. The molecular weight excluding hydrogens is 282 g/mol. The summed E-state index contributed by atoms with van der Waals surface area (Å²) >= 11 is 1.45. The summed E-state index contributed by atoms with van der Waals surface area (Å²) in [5, 5.41) is 5.47. The molecule has 104 valence electrons. The third kappa shape index (κ3) is 3.32. The fourth-order valence-electron chi connectivity index (χ4n) is 1.87. The maximum Gasteiger partial charge on any atom is 0.271 e. The molecule has 1 N–H and O–H groups in total. The van der Waals surface area contributed by atoms with Crippen LogP contribution in [0.5, 0.6) is 0 Å². The number of carbonyl (C=O) groups excluding carboxylic acids is 1. The maximum atomic E-state index is 12.1. The van der Waals surface area contributed by atoms with Gasteiger partial charge in [-0.3, -0.25) is 9.78 Å². The first-order chi connectivity index (χ1) is 10.3. The summed E-state index contributed by atoms with van der Waals surface area (Å²) in [6, 6.07) is 13.6. The number of rotatable bonds is 4. The molecule has 2 aromatic heterocycles. The van der Waals surface area contributed by atoms with Crippen molar-refractivity contribution in [3.8, 4) is 10.6 Å². The molecule has 21 heavy (non-hydrogen) atoms. The van der Waals surface area contributed by atoms with Gasteiger partial charge >= 0.3 is 0 Å². The van der Waals surface area contributed by atoms with E-state index in [1.165, 1.54) is 11.3 Å². The van der Waals surface area contributed by atoms with Crippen LogP contribution in [0.3, 0.4) is 0 Å². The molecule has 0 saturated carbocycles. The van der Waals surface area contributed by atoms with Crippen molar-refractivity contribution in [2.45, 2.75) is 6.54 Å². The molecular formula is C16H13N3OS. The van der Waals surface area contributed by atoms with E-state index >= 15 is 0 Å². The van der Waals surface area contributed by atoms with Gasteiger partial charge in [0.05, 0.1) is 0 Å². The van der Waals surface area contributed by atoms with Crippen LogP contribution in [0.1, 0.15) is 16.1 Å².